The zero-order valence-electron chi connectivity index (χ0n) is 14.1. The number of hydrogen-bond donors (Lipinski definition) is 0. The molecular formula is C12H28O6Si3. The molecule has 1 fully saturated rings. The minimum absolute atomic E-state index is 0.251. The third-order valence-corrected chi connectivity index (χ3v) is 11.4. The molecule has 0 aliphatic carbocycles. The number of hydrogen-bond acceptors (Lipinski definition) is 6. The highest BCUT2D eigenvalue weighted by Crippen LogP contribution is 2.21. The van der Waals surface area contributed by atoms with Crippen LogP contribution in [0.4, 0.5) is 4.79 Å². The van der Waals surface area contributed by atoms with Gasteiger partial charge in [-0.3, -0.25) is 0 Å². The molecule has 1 rings (SSSR count). The molecule has 1 unspecified atom stereocenters. The van der Waals surface area contributed by atoms with Crippen LogP contribution in [0, 0.1) is 0 Å². The van der Waals surface area contributed by atoms with Crippen molar-refractivity contribution in [3.05, 3.63) is 0 Å². The fraction of sp³-hybridized carbons (Fsp3) is 0.917. The lowest BCUT2D eigenvalue weighted by molar-refractivity contribution is 0.0553. The quantitative estimate of drug-likeness (QED) is 0.494. The van der Waals surface area contributed by atoms with Crippen LogP contribution in [0.3, 0.4) is 0 Å². The highest BCUT2D eigenvalue weighted by Gasteiger charge is 2.41. The molecule has 9 heteroatoms. The number of carbonyl (C=O) groups excluding carboxylic acids is 1. The standard InChI is InChI=1S/C12H28O6Si3/c1-19(2,3)17-21(7,18-20(4,5)6)10-14-8-11-9-15-12(13)16-11/h11H,8-10H2,1-7H3. The molecule has 6 nitrogen and oxygen atoms in total. The molecule has 21 heavy (non-hydrogen) atoms. The summed E-state index contributed by atoms with van der Waals surface area (Å²) in [5, 5.41) is 0. The lowest BCUT2D eigenvalue weighted by Crippen LogP contribution is -2.56. The van der Waals surface area contributed by atoms with Crippen LogP contribution in [0.5, 0.6) is 0 Å². The van der Waals surface area contributed by atoms with E-state index in [1.807, 2.05) is 0 Å². The van der Waals surface area contributed by atoms with E-state index in [0.717, 1.165) is 0 Å². The van der Waals surface area contributed by atoms with Gasteiger partial charge in [0, 0.05) is 0 Å². The van der Waals surface area contributed by atoms with Crippen LogP contribution >= 0.6 is 0 Å². The van der Waals surface area contributed by atoms with Crippen molar-refractivity contribution < 1.29 is 27.2 Å². The molecule has 0 saturated carbocycles. The number of cyclic esters (lactones) is 2. The molecule has 0 aromatic carbocycles. The van der Waals surface area contributed by atoms with E-state index in [9.17, 15) is 4.79 Å². The smallest absolute Gasteiger partial charge is 0.435 e. The maximum absolute atomic E-state index is 10.9. The van der Waals surface area contributed by atoms with Gasteiger partial charge in [-0.15, -0.1) is 0 Å². The summed E-state index contributed by atoms with van der Waals surface area (Å²) < 4.78 is 28.0. The fourth-order valence-corrected chi connectivity index (χ4v) is 14.1. The molecule has 0 radical (unpaired) electrons. The minimum atomic E-state index is -2.39. The Balaban J connectivity index is 2.54. The van der Waals surface area contributed by atoms with Crippen LogP contribution in [0.1, 0.15) is 0 Å². The van der Waals surface area contributed by atoms with Crippen molar-refractivity contribution in [1.29, 1.82) is 0 Å². The average molecular weight is 353 g/mol. The molecule has 0 N–H and O–H groups in total. The molecule has 1 atom stereocenters. The molecule has 0 bridgehead atoms. The molecule has 1 saturated heterocycles. The second kappa shape index (κ2) is 6.92. The summed E-state index contributed by atoms with van der Waals surface area (Å²) in [6.45, 7) is 15.5. The van der Waals surface area contributed by atoms with E-state index in [0.29, 0.717) is 12.8 Å². The predicted molar refractivity (Wildman–Crippen MR) is 87.5 cm³/mol. The van der Waals surface area contributed by atoms with Gasteiger partial charge in [-0.2, -0.15) is 0 Å². The van der Waals surface area contributed by atoms with Crippen molar-refractivity contribution in [2.75, 3.05) is 19.4 Å². The van der Waals surface area contributed by atoms with Gasteiger partial charge in [0.15, 0.2) is 22.7 Å². The summed E-state index contributed by atoms with van der Waals surface area (Å²) in [6, 6.07) is 0. The zero-order valence-corrected chi connectivity index (χ0v) is 17.1. The Bertz CT molecular complexity index is 347. The summed E-state index contributed by atoms with van der Waals surface area (Å²) in [5.74, 6) is 0. The Kier molecular flexibility index (Phi) is 6.21. The first-order valence-electron chi connectivity index (χ1n) is 7.20. The van der Waals surface area contributed by atoms with Gasteiger partial charge in [-0.05, 0) is 45.8 Å². The summed E-state index contributed by atoms with van der Waals surface area (Å²) in [6.07, 6.45) is -0.509. The number of ether oxygens (including phenoxy) is 3. The van der Waals surface area contributed by atoms with E-state index >= 15 is 0 Å². The van der Waals surface area contributed by atoms with E-state index < -0.39 is 31.4 Å². The Morgan fingerprint density at radius 3 is 1.95 bits per heavy atom. The normalized spacial score (nSPS) is 20.3. The zero-order chi connectivity index (χ0) is 16.3. The van der Waals surface area contributed by atoms with Crippen molar-refractivity contribution in [1.82, 2.24) is 0 Å². The first-order chi connectivity index (χ1) is 9.39. The molecule has 1 heterocycles. The van der Waals surface area contributed by atoms with Crippen LogP contribution in [0.25, 0.3) is 0 Å². The molecule has 0 aromatic heterocycles. The maximum Gasteiger partial charge on any atom is 0.508 e. The molecule has 1 aliphatic heterocycles. The predicted octanol–water partition coefficient (Wildman–Crippen LogP) is 2.85. The second-order valence-electron chi connectivity index (χ2n) is 7.38. The molecule has 1 aliphatic rings. The number of carbonyl (C=O) groups is 1. The van der Waals surface area contributed by atoms with Gasteiger partial charge in [0.2, 0.25) is 0 Å². The van der Waals surface area contributed by atoms with Crippen molar-refractivity contribution in [2.45, 2.75) is 51.9 Å². The van der Waals surface area contributed by atoms with Gasteiger partial charge in [0.25, 0.3) is 0 Å². The fourth-order valence-electron chi connectivity index (χ4n) is 2.20. The highest BCUT2D eigenvalue weighted by molar-refractivity contribution is 6.87. The largest absolute Gasteiger partial charge is 0.508 e. The van der Waals surface area contributed by atoms with E-state index in [1.54, 1.807) is 0 Å². The topological polar surface area (TPSA) is 63.2 Å². The monoisotopic (exact) mass is 352 g/mol. The Hall–Kier alpha value is -0.199. The van der Waals surface area contributed by atoms with Crippen molar-refractivity contribution >= 4 is 31.4 Å². The van der Waals surface area contributed by atoms with Crippen molar-refractivity contribution in [3.8, 4) is 0 Å². The molecule has 0 amide bonds. The van der Waals surface area contributed by atoms with Crippen molar-refractivity contribution in [3.63, 3.8) is 0 Å². The van der Waals surface area contributed by atoms with E-state index in [4.69, 9.17) is 22.4 Å². The first kappa shape index (κ1) is 18.8. The SMILES string of the molecule is C[Si](C)(C)O[Si](C)(COCC1COC(=O)O1)O[Si](C)(C)C. The van der Waals surface area contributed by atoms with Gasteiger partial charge in [0.1, 0.15) is 6.61 Å². The summed E-state index contributed by atoms with van der Waals surface area (Å²) in [5.41, 5.74) is 0. The van der Waals surface area contributed by atoms with Crippen molar-refractivity contribution in [2.24, 2.45) is 0 Å². The Morgan fingerprint density at radius 1 is 1.05 bits per heavy atom. The van der Waals surface area contributed by atoms with Gasteiger partial charge < -0.3 is 22.4 Å². The van der Waals surface area contributed by atoms with E-state index in [-0.39, 0.29) is 12.7 Å². The second-order valence-corrected chi connectivity index (χ2v) is 20.0. The van der Waals surface area contributed by atoms with Crippen LogP contribution in [0.2, 0.25) is 45.8 Å². The van der Waals surface area contributed by atoms with Crippen LogP contribution in [-0.2, 0) is 22.4 Å². The van der Waals surface area contributed by atoms with Crippen LogP contribution in [-0.4, -0.2) is 56.9 Å². The van der Waals surface area contributed by atoms with Gasteiger partial charge >= 0.3 is 14.7 Å². The Morgan fingerprint density at radius 2 is 1.57 bits per heavy atom. The number of rotatable bonds is 8. The highest BCUT2D eigenvalue weighted by atomic mass is 28.5. The van der Waals surface area contributed by atoms with E-state index in [2.05, 4.69) is 45.8 Å². The third-order valence-electron chi connectivity index (χ3n) is 2.36. The maximum atomic E-state index is 10.9. The molecule has 0 spiro atoms. The summed E-state index contributed by atoms with van der Waals surface area (Å²) in [4.78, 5) is 10.9. The lowest BCUT2D eigenvalue weighted by Gasteiger charge is -2.38. The third kappa shape index (κ3) is 8.12. The van der Waals surface area contributed by atoms with Gasteiger partial charge in [0.05, 0.1) is 12.8 Å². The minimum Gasteiger partial charge on any atom is -0.435 e. The first-order valence-corrected chi connectivity index (χ1v) is 16.5. The Labute approximate surface area is 130 Å². The van der Waals surface area contributed by atoms with Gasteiger partial charge in [-0.1, -0.05) is 0 Å². The summed E-state index contributed by atoms with van der Waals surface area (Å²) >= 11 is 0. The molecule has 124 valence electrons. The average Bonchev–Trinajstić information content (AvgIpc) is 2.57. The van der Waals surface area contributed by atoms with E-state index in [1.165, 1.54) is 0 Å². The van der Waals surface area contributed by atoms with Crippen LogP contribution in [0.15, 0.2) is 0 Å². The lowest BCUT2D eigenvalue weighted by atomic mass is 10.4. The summed E-state index contributed by atoms with van der Waals surface area (Å²) in [7, 11) is -5.82. The molecular weight excluding hydrogens is 324 g/mol. The molecule has 0 aromatic rings. The van der Waals surface area contributed by atoms with Gasteiger partial charge in [-0.25, -0.2) is 4.79 Å². The van der Waals surface area contributed by atoms with Crippen LogP contribution < -0.4 is 0 Å².